The molecule has 1 aromatic rings. The number of carbonyl (C=O) groups is 1. The van der Waals surface area contributed by atoms with Crippen molar-refractivity contribution in [2.24, 2.45) is 7.05 Å². The molecule has 1 aromatic heterocycles. The van der Waals surface area contributed by atoms with Crippen LogP contribution in [0.2, 0.25) is 0 Å². The molecule has 2 heterocycles. The molecule has 1 saturated heterocycles. The van der Waals surface area contributed by atoms with E-state index in [1.165, 1.54) is 18.7 Å². The van der Waals surface area contributed by atoms with Gasteiger partial charge in [0.25, 0.3) is 0 Å². The number of rotatable bonds is 4. The fourth-order valence-corrected chi connectivity index (χ4v) is 2.12. The van der Waals surface area contributed by atoms with Gasteiger partial charge in [0, 0.05) is 20.1 Å². The van der Waals surface area contributed by atoms with Crippen LogP contribution in [-0.2, 0) is 16.6 Å². The van der Waals surface area contributed by atoms with E-state index in [4.69, 9.17) is 4.74 Å². The number of ether oxygens (including phenoxy) is 1. The van der Waals surface area contributed by atoms with Crippen LogP contribution < -0.4 is 5.32 Å². The first-order chi connectivity index (χ1) is 8.87. The summed E-state index contributed by atoms with van der Waals surface area (Å²) >= 11 is 0. The second kappa shape index (κ2) is 4.50. The summed E-state index contributed by atoms with van der Waals surface area (Å²) in [5.41, 5.74) is -1.32. The minimum atomic E-state index is -1.34. The van der Waals surface area contributed by atoms with Gasteiger partial charge in [-0.25, -0.2) is 9.48 Å². The van der Waals surface area contributed by atoms with Crippen molar-refractivity contribution < 1.29 is 19.6 Å². The van der Waals surface area contributed by atoms with Gasteiger partial charge in [0.2, 0.25) is 5.82 Å². The molecule has 9 heteroatoms. The van der Waals surface area contributed by atoms with E-state index in [-0.39, 0.29) is 30.2 Å². The van der Waals surface area contributed by atoms with Gasteiger partial charge in [-0.3, -0.25) is 10.1 Å². The molecule has 0 amide bonds. The van der Waals surface area contributed by atoms with E-state index in [0.29, 0.717) is 6.61 Å². The maximum atomic E-state index is 11.4. The fourth-order valence-electron chi connectivity index (χ4n) is 2.12. The molecule has 2 rings (SSSR count). The highest BCUT2D eigenvalue weighted by Crippen LogP contribution is 2.32. The van der Waals surface area contributed by atoms with Crippen molar-refractivity contribution in [3.8, 4) is 0 Å². The standard InChI is InChI=1S/C10H14N4O5/c1-6-7(14(17)18)8(13(2)12-6)11-10(9(15)16)3-4-19-5-10/h11H,3-5H2,1-2H3,(H,15,16). The molecule has 2 N–H and O–H groups in total. The summed E-state index contributed by atoms with van der Waals surface area (Å²) in [5.74, 6) is -1.02. The molecule has 1 aliphatic rings. The Bertz CT molecular complexity index is 532. The second-order valence-corrected chi connectivity index (χ2v) is 4.48. The minimum absolute atomic E-state index is 0.0380. The molecule has 104 valence electrons. The molecule has 9 nitrogen and oxygen atoms in total. The largest absolute Gasteiger partial charge is 0.479 e. The highest BCUT2D eigenvalue weighted by Gasteiger charge is 2.45. The van der Waals surface area contributed by atoms with Crippen LogP contribution in [0.3, 0.4) is 0 Å². The first-order valence-electron chi connectivity index (χ1n) is 5.65. The number of aliphatic carboxylic acids is 1. The average molecular weight is 270 g/mol. The van der Waals surface area contributed by atoms with Gasteiger partial charge in [-0.2, -0.15) is 5.10 Å². The summed E-state index contributed by atoms with van der Waals surface area (Å²) < 4.78 is 6.37. The van der Waals surface area contributed by atoms with Gasteiger partial charge in [0.05, 0.1) is 11.5 Å². The fraction of sp³-hybridized carbons (Fsp3) is 0.600. The molecule has 19 heavy (non-hydrogen) atoms. The van der Waals surface area contributed by atoms with Crippen LogP contribution in [0, 0.1) is 17.0 Å². The van der Waals surface area contributed by atoms with Gasteiger partial charge in [-0.15, -0.1) is 0 Å². The zero-order chi connectivity index (χ0) is 14.2. The summed E-state index contributed by atoms with van der Waals surface area (Å²) in [6, 6.07) is 0. The molecule has 0 saturated carbocycles. The molecule has 0 bridgehead atoms. The van der Waals surface area contributed by atoms with Crippen LogP contribution in [0.15, 0.2) is 0 Å². The zero-order valence-corrected chi connectivity index (χ0v) is 10.5. The van der Waals surface area contributed by atoms with Gasteiger partial charge in [-0.1, -0.05) is 0 Å². The van der Waals surface area contributed by atoms with Crippen LogP contribution in [-0.4, -0.2) is 44.5 Å². The number of hydrogen-bond acceptors (Lipinski definition) is 6. The minimum Gasteiger partial charge on any atom is -0.479 e. The third kappa shape index (κ3) is 2.12. The summed E-state index contributed by atoms with van der Waals surface area (Å²) in [6.07, 6.45) is 0.240. The van der Waals surface area contributed by atoms with Crippen LogP contribution >= 0.6 is 0 Å². The molecule has 0 aliphatic carbocycles. The SMILES string of the molecule is Cc1nn(C)c(NC2(C(=O)O)CCOC2)c1[N+](=O)[O-]. The van der Waals surface area contributed by atoms with E-state index >= 15 is 0 Å². The summed E-state index contributed by atoms with van der Waals surface area (Å²) in [6.45, 7) is 1.76. The zero-order valence-electron chi connectivity index (χ0n) is 10.5. The van der Waals surface area contributed by atoms with Crippen molar-refractivity contribution in [1.82, 2.24) is 9.78 Å². The van der Waals surface area contributed by atoms with Crippen molar-refractivity contribution in [3.05, 3.63) is 15.8 Å². The Hall–Kier alpha value is -2.16. The highest BCUT2D eigenvalue weighted by atomic mass is 16.6. The van der Waals surface area contributed by atoms with E-state index in [0.717, 1.165) is 0 Å². The Balaban J connectivity index is 2.43. The molecular formula is C10H14N4O5. The van der Waals surface area contributed by atoms with Crippen LogP contribution in [0.25, 0.3) is 0 Å². The van der Waals surface area contributed by atoms with Crippen molar-refractivity contribution in [3.63, 3.8) is 0 Å². The third-order valence-electron chi connectivity index (χ3n) is 3.16. The molecule has 1 fully saturated rings. The van der Waals surface area contributed by atoms with E-state index in [1.807, 2.05) is 0 Å². The van der Waals surface area contributed by atoms with E-state index < -0.39 is 16.4 Å². The van der Waals surface area contributed by atoms with Gasteiger partial charge in [0.1, 0.15) is 5.69 Å². The maximum Gasteiger partial charge on any atom is 0.333 e. The maximum absolute atomic E-state index is 11.4. The number of carboxylic acid groups (broad SMARTS) is 1. The van der Waals surface area contributed by atoms with Gasteiger partial charge in [-0.05, 0) is 6.92 Å². The summed E-state index contributed by atoms with van der Waals surface area (Å²) in [5, 5.41) is 27.0. The normalized spacial score (nSPS) is 22.4. The smallest absolute Gasteiger partial charge is 0.333 e. The van der Waals surface area contributed by atoms with Gasteiger partial charge >= 0.3 is 11.7 Å². The summed E-state index contributed by atoms with van der Waals surface area (Å²) in [4.78, 5) is 21.8. The lowest BCUT2D eigenvalue weighted by Gasteiger charge is -2.24. The predicted octanol–water partition coefficient (Wildman–Crippen LogP) is 0.292. The quantitative estimate of drug-likeness (QED) is 0.596. The lowest BCUT2D eigenvalue weighted by Crippen LogP contribution is -2.47. The third-order valence-corrected chi connectivity index (χ3v) is 3.16. The van der Waals surface area contributed by atoms with Gasteiger partial charge < -0.3 is 15.2 Å². The van der Waals surface area contributed by atoms with E-state index in [9.17, 15) is 20.0 Å². The molecule has 1 aliphatic heterocycles. The van der Waals surface area contributed by atoms with Crippen molar-refractivity contribution in [2.75, 3.05) is 18.5 Å². The Morgan fingerprint density at radius 1 is 1.68 bits per heavy atom. The lowest BCUT2D eigenvalue weighted by molar-refractivity contribution is -0.384. The van der Waals surface area contributed by atoms with E-state index in [1.54, 1.807) is 0 Å². The van der Waals surface area contributed by atoms with Gasteiger partial charge in [0.15, 0.2) is 5.54 Å². The number of aryl methyl sites for hydroxylation is 2. The van der Waals surface area contributed by atoms with Crippen molar-refractivity contribution in [2.45, 2.75) is 18.9 Å². The molecule has 0 spiro atoms. The molecular weight excluding hydrogens is 256 g/mol. The van der Waals surface area contributed by atoms with Crippen LogP contribution in [0.4, 0.5) is 11.5 Å². The van der Waals surface area contributed by atoms with Crippen LogP contribution in [0.5, 0.6) is 0 Å². The number of nitro groups is 1. The highest BCUT2D eigenvalue weighted by molar-refractivity contribution is 5.84. The Labute approximate surface area is 108 Å². The molecule has 0 radical (unpaired) electrons. The second-order valence-electron chi connectivity index (χ2n) is 4.48. The van der Waals surface area contributed by atoms with Crippen molar-refractivity contribution in [1.29, 1.82) is 0 Å². The average Bonchev–Trinajstić information content (AvgIpc) is 2.86. The van der Waals surface area contributed by atoms with E-state index in [2.05, 4.69) is 10.4 Å². The number of nitrogens with zero attached hydrogens (tertiary/aromatic N) is 3. The number of aromatic nitrogens is 2. The number of anilines is 1. The molecule has 1 unspecified atom stereocenters. The Morgan fingerprint density at radius 3 is 2.84 bits per heavy atom. The van der Waals surface area contributed by atoms with Crippen molar-refractivity contribution >= 4 is 17.5 Å². The summed E-state index contributed by atoms with van der Waals surface area (Å²) in [7, 11) is 1.52. The first-order valence-corrected chi connectivity index (χ1v) is 5.65. The Morgan fingerprint density at radius 2 is 2.37 bits per heavy atom. The Kier molecular flexibility index (Phi) is 3.14. The lowest BCUT2D eigenvalue weighted by atomic mass is 9.99. The van der Waals surface area contributed by atoms with Crippen LogP contribution in [0.1, 0.15) is 12.1 Å². The molecule has 1 atom stereocenters. The number of hydrogen-bond donors (Lipinski definition) is 2. The topological polar surface area (TPSA) is 120 Å². The monoisotopic (exact) mass is 270 g/mol. The first kappa shape index (κ1) is 13.3. The molecule has 0 aromatic carbocycles. The predicted molar refractivity (Wildman–Crippen MR) is 64.0 cm³/mol. The number of nitrogens with one attached hydrogen (secondary N) is 1. The number of carboxylic acids is 1.